The van der Waals surface area contributed by atoms with Gasteiger partial charge in [0, 0.05) is 23.1 Å². The minimum absolute atomic E-state index is 0.0576. The van der Waals surface area contributed by atoms with Crippen LogP contribution in [0.25, 0.3) is 6.08 Å². The number of allylic oxidation sites excluding steroid dienone is 1. The van der Waals surface area contributed by atoms with Crippen LogP contribution in [-0.4, -0.2) is 67.5 Å². The second-order valence-corrected chi connectivity index (χ2v) is 12.2. The number of ether oxygens (including phenoxy) is 4. The number of carbonyl (C=O) groups excluding carboxylic acids is 2. The molecule has 0 radical (unpaired) electrons. The minimum Gasteiger partial charge on any atom is -0.496 e. The van der Waals surface area contributed by atoms with Gasteiger partial charge in [0.25, 0.3) is 11.5 Å². The van der Waals surface area contributed by atoms with Crippen molar-refractivity contribution in [2.24, 2.45) is 4.99 Å². The lowest BCUT2D eigenvalue weighted by Crippen LogP contribution is -2.42. The second kappa shape index (κ2) is 13.3. The van der Waals surface area contributed by atoms with Crippen molar-refractivity contribution in [3.63, 3.8) is 0 Å². The summed E-state index contributed by atoms with van der Waals surface area (Å²) < 4.78 is 25.0. The average Bonchev–Trinajstić information content (AvgIpc) is 3.29. The topological polar surface area (TPSA) is 109 Å². The van der Waals surface area contributed by atoms with E-state index in [2.05, 4.69) is 20.9 Å². The van der Waals surface area contributed by atoms with Crippen molar-refractivity contribution in [2.45, 2.75) is 32.9 Å². The molecule has 1 saturated heterocycles. The minimum atomic E-state index is -0.808. The summed E-state index contributed by atoms with van der Waals surface area (Å²) in [5.41, 5.74) is 1.84. The van der Waals surface area contributed by atoms with Crippen LogP contribution in [0.3, 0.4) is 0 Å². The van der Waals surface area contributed by atoms with E-state index in [0.717, 1.165) is 10.0 Å². The monoisotopic (exact) mass is 669 g/mol. The third-order valence-electron chi connectivity index (χ3n) is 6.97. The van der Waals surface area contributed by atoms with E-state index in [1.54, 1.807) is 57.1 Å². The Bertz CT molecular complexity index is 1740. The molecule has 0 aliphatic carbocycles. The predicted octanol–water partition coefficient (Wildman–Crippen LogP) is 3.20. The first kappa shape index (κ1) is 30.7. The summed E-state index contributed by atoms with van der Waals surface area (Å²) in [4.78, 5) is 46.6. The number of esters is 1. The summed E-state index contributed by atoms with van der Waals surface area (Å²) in [5, 5.41) is 0. The van der Waals surface area contributed by atoms with Crippen molar-refractivity contribution < 1.29 is 28.5 Å². The van der Waals surface area contributed by atoms with Crippen LogP contribution in [0.4, 0.5) is 0 Å². The zero-order valence-corrected chi connectivity index (χ0v) is 26.7. The van der Waals surface area contributed by atoms with Crippen molar-refractivity contribution in [2.75, 3.05) is 40.0 Å². The number of amides is 1. The highest BCUT2D eigenvalue weighted by Gasteiger charge is 2.35. The summed E-state index contributed by atoms with van der Waals surface area (Å²) in [6.07, 6.45) is 1.42. The summed E-state index contributed by atoms with van der Waals surface area (Å²) in [5.74, 6) is 0.443. The molecule has 0 spiro atoms. The van der Waals surface area contributed by atoms with Crippen LogP contribution in [-0.2, 0) is 19.1 Å². The van der Waals surface area contributed by atoms with Crippen LogP contribution in [0, 0.1) is 0 Å². The van der Waals surface area contributed by atoms with E-state index in [1.165, 1.54) is 15.9 Å². The molecule has 226 valence electrons. The van der Waals surface area contributed by atoms with Gasteiger partial charge in [0.15, 0.2) is 11.4 Å². The van der Waals surface area contributed by atoms with E-state index in [1.807, 2.05) is 24.3 Å². The maximum Gasteiger partial charge on any atom is 0.338 e. The third kappa shape index (κ3) is 6.76. The molecule has 0 N–H and O–H groups in total. The fraction of sp³-hybridized carbons (Fsp3) is 0.355. The van der Waals surface area contributed by atoms with Gasteiger partial charge in [0.05, 0.1) is 42.2 Å². The van der Waals surface area contributed by atoms with E-state index < -0.39 is 12.0 Å². The molecule has 0 unspecified atom stereocenters. The van der Waals surface area contributed by atoms with Crippen molar-refractivity contribution in [1.82, 2.24) is 9.47 Å². The van der Waals surface area contributed by atoms with Gasteiger partial charge in [0.1, 0.15) is 17.5 Å². The molecule has 3 heterocycles. The van der Waals surface area contributed by atoms with E-state index in [0.29, 0.717) is 58.4 Å². The number of thiazole rings is 1. The number of halogens is 1. The Morgan fingerprint density at radius 2 is 1.88 bits per heavy atom. The van der Waals surface area contributed by atoms with Gasteiger partial charge in [-0.2, -0.15) is 0 Å². The number of carbonyl (C=O) groups is 2. The number of hydrogen-bond donors (Lipinski definition) is 0. The largest absolute Gasteiger partial charge is 0.496 e. The molecule has 0 saturated carbocycles. The number of benzene rings is 2. The Hall–Kier alpha value is -3.74. The van der Waals surface area contributed by atoms with Crippen molar-refractivity contribution in [3.05, 3.63) is 89.0 Å². The molecular weight excluding hydrogens is 638 g/mol. The zero-order chi connectivity index (χ0) is 30.7. The Morgan fingerprint density at radius 1 is 1.16 bits per heavy atom. The van der Waals surface area contributed by atoms with Gasteiger partial charge >= 0.3 is 5.97 Å². The summed E-state index contributed by atoms with van der Waals surface area (Å²) in [6.45, 7) is 7.43. The third-order valence-corrected chi connectivity index (χ3v) is 8.45. The maximum atomic E-state index is 14.0. The summed E-state index contributed by atoms with van der Waals surface area (Å²) >= 11 is 4.76. The van der Waals surface area contributed by atoms with Gasteiger partial charge < -0.3 is 23.8 Å². The molecule has 1 aromatic heterocycles. The van der Waals surface area contributed by atoms with Crippen LogP contribution < -0.4 is 24.4 Å². The first-order chi connectivity index (χ1) is 20.7. The number of methoxy groups -OCH3 is 1. The molecule has 43 heavy (non-hydrogen) atoms. The highest BCUT2D eigenvalue weighted by molar-refractivity contribution is 9.10. The van der Waals surface area contributed by atoms with Gasteiger partial charge in [-0.15, -0.1) is 0 Å². The van der Waals surface area contributed by atoms with Crippen molar-refractivity contribution in [1.29, 1.82) is 0 Å². The SMILES string of the molecule is COc1ccc(Br)cc1[C@H]1C(C(=O)OC(C)C)=C(C)N=c2s/c(=C\c3ccc(OCC(=O)N4CCOCC4)cc3)c(=O)n21. The lowest BCUT2D eigenvalue weighted by Gasteiger charge is -2.26. The van der Waals surface area contributed by atoms with Crippen LogP contribution in [0.2, 0.25) is 0 Å². The number of nitrogens with zero attached hydrogens (tertiary/aromatic N) is 3. The number of morpholine rings is 1. The molecule has 1 amide bonds. The normalized spacial score (nSPS) is 17.0. The van der Waals surface area contributed by atoms with Gasteiger partial charge in [-0.3, -0.25) is 14.2 Å². The fourth-order valence-electron chi connectivity index (χ4n) is 4.93. The van der Waals surface area contributed by atoms with Crippen molar-refractivity contribution in [3.8, 4) is 11.5 Å². The van der Waals surface area contributed by atoms with E-state index in [9.17, 15) is 14.4 Å². The van der Waals surface area contributed by atoms with Crippen LogP contribution in [0.5, 0.6) is 11.5 Å². The fourth-order valence-corrected chi connectivity index (χ4v) is 6.36. The molecule has 1 atom stereocenters. The van der Waals surface area contributed by atoms with Gasteiger partial charge in [-0.25, -0.2) is 9.79 Å². The summed E-state index contributed by atoms with van der Waals surface area (Å²) in [7, 11) is 1.55. The number of rotatable bonds is 8. The van der Waals surface area contributed by atoms with Gasteiger partial charge in [0.2, 0.25) is 0 Å². The Morgan fingerprint density at radius 3 is 2.56 bits per heavy atom. The van der Waals surface area contributed by atoms with E-state index >= 15 is 0 Å². The zero-order valence-electron chi connectivity index (χ0n) is 24.3. The number of hydrogen-bond acceptors (Lipinski definition) is 9. The highest BCUT2D eigenvalue weighted by atomic mass is 79.9. The quantitative estimate of drug-likeness (QED) is 0.339. The second-order valence-electron chi connectivity index (χ2n) is 10.3. The molecular formula is C31H32BrN3O7S. The van der Waals surface area contributed by atoms with Crippen LogP contribution in [0.1, 0.15) is 37.9 Å². The van der Waals surface area contributed by atoms with E-state index in [-0.39, 0.29) is 29.8 Å². The molecule has 1 fully saturated rings. The standard InChI is InChI=1S/C31H32BrN3O7S/c1-18(2)42-30(38)27-19(3)33-31-35(28(27)23-16-21(32)7-10-24(23)39-4)29(37)25(43-31)15-20-5-8-22(9-6-20)41-17-26(36)34-11-13-40-14-12-34/h5-10,15-16,18,28H,11-14,17H2,1-4H3/b25-15-/t28-/m0/s1. The van der Waals surface area contributed by atoms with Crippen molar-refractivity contribution >= 4 is 45.2 Å². The first-order valence-electron chi connectivity index (χ1n) is 13.8. The average molecular weight is 671 g/mol. The van der Waals surface area contributed by atoms with Gasteiger partial charge in [-0.1, -0.05) is 39.4 Å². The smallest absolute Gasteiger partial charge is 0.338 e. The molecule has 10 nitrogen and oxygen atoms in total. The maximum absolute atomic E-state index is 14.0. The van der Waals surface area contributed by atoms with Crippen LogP contribution in [0.15, 0.2) is 68.0 Å². The Balaban J connectivity index is 1.49. The molecule has 2 aliphatic heterocycles. The Kier molecular flexibility index (Phi) is 9.48. The molecule has 2 aliphatic rings. The number of fused-ring (bicyclic) bond motifs is 1. The molecule has 5 rings (SSSR count). The lowest BCUT2D eigenvalue weighted by atomic mass is 9.95. The summed E-state index contributed by atoms with van der Waals surface area (Å²) in [6, 6.07) is 11.8. The van der Waals surface area contributed by atoms with E-state index in [4.69, 9.17) is 18.9 Å². The predicted molar refractivity (Wildman–Crippen MR) is 165 cm³/mol. The molecule has 2 aromatic carbocycles. The highest BCUT2D eigenvalue weighted by Crippen LogP contribution is 2.37. The molecule has 3 aromatic rings. The van der Waals surface area contributed by atoms with Crippen LogP contribution >= 0.6 is 27.3 Å². The molecule has 0 bridgehead atoms. The Labute approximate surface area is 261 Å². The first-order valence-corrected chi connectivity index (χ1v) is 15.4. The molecule has 12 heteroatoms. The number of aromatic nitrogens is 1. The van der Waals surface area contributed by atoms with Gasteiger partial charge in [-0.05, 0) is 62.7 Å². The lowest BCUT2D eigenvalue weighted by molar-refractivity contribution is -0.143.